The predicted octanol–water partition coefficient (Wildman–Crippen LogP) is 1.75. The van der Waals surface area contributed by atoms with Gasteiger partial charge >= 0.3 is 0 Å². The molecule has 92 valence electrons. The summed E-state index contributed by atoms with van der Waals surface area (Å²) in [6.07, 6.45) is 0. The first kappa shape index (κ1) is 13.2. The van der Waals surface area contributed by atoms with Crippen LogP contribution in [0.15, 0.2) is 24.3 Å². The van der Waals surface area contributed by atoms with E-state index in [0.29, 0.717) is 24.5 Å². The lowest BCUT2D eigenvalue weighted by Gasteiger charge is -2.16. The molecule has 17 heavy (non-hydrogen) atoms. The van der Waals surface area contributed by atoms with Crippen LogP contribution in [0.5, 0.6) is 5.75 Å². The number of carbonyl (C=O) groups is 2. The fourth-order valence-corrected chi connectivity index (χ4v) is 1.33. The Morgan fingerprint density at radius 1 is 1.24 bits per heavy atom. The topological polar surface area (TPSA) is 46.6 Å². The van der Waals surface area contributed by atoms with Crippen molar-refractivity contribution in [2.24, 2.45) is 0 Å². The zero-order chi connectivity index (χ0) is 12.8. The van der Waals surface area contributed by atoms with E-state index in [2.05, 4.69) is 0 Å². The molecule has 0 radical (unpaired) electrons. The number of carbonyl (C=O) groups excluding carboxylic acids is 2. The van der Waals surface area contributed by atoms with Crippen molar-refractivity contribution in [1.82, 2.24) is 4.90 Å². The van der Waals surface area contributed by atoms with Gasteiger partial charge < -0.3 is 9.64 Å². The van der Waals surface area contributed by atoms with Crippen LogP contribution in [0, 0.1) is 0 Å². The summed E-state index contributed by atoms with van der Waals surface area (Å²) in [6.45, 7) is 3.88. The molecular weight excluding hydrogens is 218 g/mol. The molecule has 1 aromatic carbocycles. The van der Waals surface area contributed by atoms with E-state index in [4.69, 9.17) is 4.74 Å². The minimum absolute atomic E-state index is 0.00606. The minimum Gasteiger partial charge on any atom is -0.491 e. The van der Waals surface area contributed by atoms with Gasteiger partial charge in [0.2, 0.25) is 5.91 Å². The second kappa shape index (κ2) is 6.03. The van der Waals surface area contributed by atoms with Crippen LogP contribution in [0.2, 0.25) is 0 Å². The van der Waals surface area contributed by atoms with Crippen molar-refractivity contribution < 1.29 is 14.3 Å². The number of rotatable bonds is 5. The van der Waals surface area contributed by atoms with Crippen molar-refractivity contribution in [2.45, 2.75) is 13.8 Å². The third kappa shape index (κ3) is 3.90. The number of para-hydroxylation sites is 1. The molecule has 0 N–H and O–H groups in total. The lowest BCUT2D eigenvalue weighted by molar-refractivity contribution is -0.127. The third-order valence-corrected chi connectivity index (χ3v) is 2.49. The van der Waals surface area contributed by atoms with E-state index in [0.717, 1.165) is 0 Å². The average Bonchev–Trinajstić information content (AvgIpc) is 2.29. The Kier molecular flexibility index (Phi) is 4.69. The highest BCUT2D eigenvalue weighted by atomic mass is 16.5. The molecule has 0 fully saturated rings. The summed E-state index contributed by atoms with van der Waals surface area (Å²) in [7, 11) is 1.71. The maximum Gasteiger partial charge on any atom is 0.219 e. The van der Waals surface area contributed by atoms with Crippen LogP contribution in [-0.4, -0.2) is 36.8 Å². The molecule has 0 aromatic heterocycles. The molecule has 0 atom stereocenters. The highest BCUT2D eigenvalue weighted by Crippen LogP contribution is 2.18. The number of hydrogen-bond donors (Lipinski definition) is 0. The van der Waals surface area contributed by atoms with E-state index in [9.17, 15) is 9.59 Å². The normalized spacial score (nSPS) is 9.82. The van der Waals surface area contributed by atoms with Gasteiger partial charge in [-0.2, -0.15) is 0 Å². The molecule has 0 bridgehead atoms. The predicted molar refractivity (Wildman–Crippen MR) is 65.3 cm³/mol. The Bertz CT molecular complexity index is 415. The highest BCUT2D eigenvalue weighted by molar-refractivity contribution is 5.96. The molecule has 0 heterocycles. The lowest BCUT2D eigenvalue weighted by atomic mass is 10.1. The maximum atomic E-state index is 11.3. The summed E-state index contributed by atoms with van der Waals surface area (Å²) in [5.74, 6) is 0.533. The third-order valence-electron chi connectivity index (χ3n) is 2.49. The van der Waals surface area contributed by atoms with Gasteiger partial charge in [0.05, 0.1) is 12.1 Å². The van der Waals surface area contributed by atoms with Crippen molar-refractivity contribution in [3.63, 3.8) is 0 Å². The van der Waals surface area contributed by atoms with Crippen molar-refractivity contribution in [1.29, 1.82) is 0 Å². The van der Waals surface area contributed by atoms with Crippen molar-refractivity contribution in [3.05, 3.63) is 29.8 Å². The molecule has 1 rings (SSSR count). The van der Waals surface area contributed by atoms with Crippen LogP contribution < -0.4 is 4.74 Å². The summed E-state index contributed by atoms with van der Waals surface area (Å²) in [4.78, 5) is 23.9. The standard InChI is InChI=1S/C13H17NO3/c1-10(15)12-6-4-5-7-13(12)17-9-8-14(3)11(2)16/h4-7H,8-9H2,1-3H3. The molecule has 0 saturated heterocycles. The van der Waals surface area contributed by atoms with E-state index >= 15 is 0 Å². The Morgan fingerprint density at radius 3 is 2.47 bits per heavy atom. The van der Waals surface area contributed by atoms with Gasteiger partial charge in [0, 0.05) is 14.0 Å². The van der Waals surface area contributed by atoms with E-state index in [1.165, 1.54) is 13.8 Å². The van der Waals surface area contributed by atoms with Gasteiger partial charge in [0.25, 0.3) is 0 Å². The summed E-state index contributed by atoms with van der Waals surface area (Å²) in [5, 5.41) is 0. The van der Waals surface area contributed by atoms with Crippen molar-refractivity contribution in [2.75, 3.05) is 20.2 Å². The largest absolute Gasteiger partial charge is 0.491 e. The van der Waals surface area contributed by atoms with Gasteiger partial charge in [-0.05, 0) is 19.1 Å². The van der Waals surface area contributed by atoms with Gasteiger partial charge in [-0.3, -0.25) is 9.59 Å². The quantitative estimate of drug-likeness (QED) is 0.730. The van der Waals surface area contributed by atoms with Crippen LogP contribution in [0.3, 0.4) is 0 Å². The Hall–Kier alpha value is -1.84. The molecule has 1 aromatic rings. The first-order chi connectivity index (χ1) is 8.02. The van der Waals surface area contributed by atoms with Gasteiger partial charge in [0.15, 0.2) is 5.78 Å². The van der Waals surface area contributed by atoms with Gasteiger partial charge in [-0.1, -0.05) is 12.1 Å². The molecule has 0 spiro atoms. The van der Waals surface area contributed by atoms with E-state index in [1.807, 2.05) is 6.07 Å². The van der Waals surface area contributed by atoms with E-state index in [1.54, 1.807) is 30.1 Å². The van der Waals surface area contributed by atoms with Crippen molar-refractivity contribution >= 4 is 11.7 Å². The minimum atomic E-state index is -0.0273. The summed E-state index contributed by atoms with van der Waals surface area (Å²) < 4.78 is 5.50. The molecule has 1 amide bonds. The van der Waals surface area contributed by atoms with Crippen molar-refractivity contribution in [3.8, 4) is 5.75 Å². The van der Waals surface area contributed by atoms with Crippen LogP contribution in [0.25, 0.3) is 0 Å². The number of Topliss-reactive ketones (excluding diaryl/α,β-unsaturated/α-hetero) is 1. The van der Waals surface area contributed by atoms with Crippen LogP contribution >= 0.6 is 0 Å². The summed E-state index contributed by atoms with van der Waals surface area (Å²) >= 11 is 0. The number of likely N-dealkylation sites (N-methyl/N-ethyl adjacent to an activating group) is 1. The lowest BCUT2D eigenvalue weighted by Crippen LogP contribution is -2.28. The zero-order valence-corrected chi connectivity index (χ0v) is 10.4. The first-order valence-electron chi connectivity index (χ1n) is 5.47. The number of ketones is 1. The van der Waals surface area contributed by atoms with Crippen LogP contribution in [0.1, 0.15) is 24.2 Å². The highest BCUT2D eigenvalue weighted by Gasteiger charge is 2.08. The molecule has 4 heteroatoms. The number of hydrogen-bond acceptors (Lipinski definition) is 3. The molecule has 0 saturated carbocycles. The Balaban J connectivity index is 2.58. The molecule has 4 nitrogen and oxygen atoms in total. The summed E-state index contributed by atoms with van der Waals surface area (Å²) in [6, 6.07) is 7.10. The van der Waals surface area contributed by atoms with Crippen LogP contribution in [0.4, 0.5) is 0 Å². The Labute approximate surface area is 101 Å². The van der Waals surface area contributed by atoms with Crippen LogP contribution in [-0.2, 0) is 4.79 Å². The fraction of sp³-hybridized carbons (Fsp3) is 0.385. The summed E-state index contributed by atoms with van der Waals surface area (Å²) in [5.41, 5.74) is 0.568. The second-order valence-corrected chi connectivity index (χ2v) is 3.84. The number of amides is 1. The van der Waals surface area contributed by atoms with E-state index in [-0.39, 0.29) is 11.7 Å². The molecular formula is C13H17NO3. The monoisotopic (exact) mass is 235 g/mol. The molecule has 0 unspecified atom stereocenters. The van der Waals surface area contributed by atoms with Gasteiger partial charge in [-0.25, -0.2) is 0 Å². The molecule has 0 aliphatic rings. The van der Waals surface area contributed by atoms with Gasteiger partial charge in [0.1, 0.15) is 12.4 Å². The van der Waals surface area contributed by atoms with Gasteiger partial charge in [-0.15, -0.1) is 0 Å². The second-order valence-electron chi connectivity index (χ2n) is 3.84. The average molecular weight is 235 g/mol. The van der Waals surface area contributed by atoms with E-state index < -0.39 is 0 Å². The molecule has 0 aliphatic carbocycles. The zero-order valence-electron chi connectivity index (χ0n) is 10.4. The first-order valence-corrected chi connectivity index (χ1v) is 5.47. The number of benzene rings is 1. The smallest absolute Gasteiger partial charge is 0.219 e. The SMILES string of the molecule is CC(=O)c1ccccc1OCCN(C)C(C)=O. The fourth-order valence-electron chi connectivity index (χ4n) is 1.33. The maximum absolute atomic E-state index is 11.3. The molecule has 0 aliphatic heterocycles. The Morgan fingerprint density at radius 2 is 1.88 bits per heavy atom. The number of ether oxygens (including phenoxy) is 1. The number of nitrogens with zero attached hydrogens (tertiary/aromatic N) is 1.